The number of nitrogens with one attached hydrogen (secondary N) is 2. The third kappa shape index (κ3) is 2.71. The van der Waals surface area contributed by atoms with Crippen LogP contribution in [0, 0.1) is 5.41 Å². The van der Waals surface area contributed by atoms with Gasteiger partial charge >= 0.3 is 0 Å². The number of carbonyl (C=O) groups is 1. The first-order valence-corrected chi connectivity index (χ1v) is 3.62. The smallest absolute Gasteiger partial charge is 0.199 e. The third-order valence-electron chi connectivity index (χ3n) is 1.03. The molecular weight excluding hydrogens is 212 g/mol. The van der Waals surface area contributed by atoms with E-state index in [1.165, 1.54) is 7.11 Å². The summed E-state index contributed by atoms with van der Waals surface area (Å²) in [6, 6.07) is 0. The maximum atomic E-state index is 10.4. The van der Waals surface area contributed by atoms with Crippen LogP contribution < -0.4 is 5.32 Å². The summed E-state index contributed by atoms with van der Waals surface area (Å²) >= 11 is 2.86. The van der Waals surface area contributed by atoms with E-state index in [4.69, 9.17) is 10.1 Å². The molecule has 0 bridgehead atoms. The number of ether oxygens (including phenoxy) is 1. The summed E-state index contributed by atoms with van der Waals surface area (Å²) in [5.74, 6) is 0.280. The summed E-state index contributed by atoms with van der Waals surface area (Å²) < 4.78 is 4.78. The molecule has 0 aliphatic heterocycles. The Kier molecular flexibility index (Phi) is 4.52. The van der Waals surface area contributed by atoms with Gasteiger partial charge in [0, 0.05) is 7.05 Å². The molecule has 5 heteroatoms. The lowest BCUT2D eigenvalue weighted by atomic mass is 10.3. The van der Waals surface area contributed by atoms with E-state index in [1.54, 1.807) is 7.05 Å². The zero-order valence-electron chi connectivity index (χ0n) is 6.27. The van der Waals surface area contributed by atoms with Crippen molar-refractivity contribution < 1.29 is 9.53 Å². The molecular formula is C6H9BrN2O2. The Morgan fingerprint density at radius 2 is 2.27 bits per heavy atom. The van der Waals surface area contributed by atoms with Crippen molar-refractivity contribution in [3.8, 4) is 0 Å². The van der Waals surface area contributed by atoms with Gasteiger partial charge in [-0.15, -0.1) is 0 Å². The number of halogens is 1. The molecule has 62 valence electrons. The van der Waals surface area contributed by atoms with E-state index in [0.717, 1.165) is 0 Å². The van der Waals surface area contributed by atoms with Crippen molar-refractivity contribution in [2.75, 3.05) is 14.2 Å². The number of carbonyl (C=O) groups excluding carboxylic acids is 1. The van der Waals surface area contributed by atoms with Crippen LogP contribution >= 0.6 is 15.9 Å². The molecule has 0 aromatic heterocycles. The van der Waals surface area contributed by atoms with E-state index in [2.05, 4.69) is 21.2 Å². The van der Waals surface area contributed by atoms with Gasteiger partial charge in [-0.1, -0.05) is 0 Å². The summed E-state index contributed by atoms with van der Waals surface area (Å²) in [5.41, 5.74) is 0.162. The first kappa shape index (κ1) is 10.2. The van der Waals surface area contributed by atoms with E-state index in [0.29, 0.717) is 6.29 Å². The Balaban J connectivity index is 4.77. The Morgan fingerprint density at radius 1 is 1.73 bits per heavy atom. The standard InChI is InChI=1S/C6H9BrN2O2/c1-9-6(11-2)4(3-10)5(7)8/h3,8-9H,1-2H3/b6-4+,8-5?. The van der Waals surface area contributed by atoms with Crippen LogP contribution in [0.25, 0.3) is 0 Å². The van der Waals surface area contributed by atoms with Crippen molar-refractivity contribution in [2.45, 2.75) is 0 Å². The molecule has 0 spiro atoms. The number of rotatable bonds is 4. The highest BCUT2D eigenvalue weighted by molar-refractivity contribution is 9.18. The largest absolute Gasteiger partial charge is 0.482 e. The van der Waals surface area contributed by atoms with Gasteiger partial charge in [0.1, 0.15) is 10.2 Å². The molecule has 0 atom stereocenters. The second kappa shape index (κ2) is 4.90. The van der Waals surface area contributed by atoms with Crippen molar-refractivity contribution in [3.05, 3.63) is 11.5 Å². The minimum absolute atomic E-state index is 0.00120. The average Bonchev–Trinajstić information content (AvgIpc) is 1.99. The van der Waals surface area contributed by atoms with Gasteiger partial charge in [0.15, 0.2) is 12.2 Å². The van der Waals surface area contributed by atoms with Crippen molar-refractivity contribution in [1.82, 2.24) is 5.32 Å². The van der Waals surface area contributed by atoms with Gasteiger partial charge in [-0.2, -0.15) is 0 Å². The molecule has 2 N–H and O–H groups in total. The predicted molar refractivity (Wildman–Crippen MR) is 45.8 cm³/mol. The molecule has 0 radical (unpaired) electrons. The fourth-order valence-electron chi connectivity index (χ4n) is 0.552. The Morgan fingerprint density at radius 3 is 2.36 bits per heavy atom. The van der Waals surface area contributed by atoms with Crippen molar-refractivity contribution >= 4 is 26.8 Å². The highest BCUT2D eigenvalue weighted by Crippen LogP contribution is 2.04. The average molecular weight is 221 g/mol. The van der Waals surface area contributed by atoms with Crippen LogP contribution in [0.2, 0.25) is 0 Å². The van der Waals surface area contributed by atoms with Crippen molar-refractivity contribution in [3.63, 3.8) is 0 Å². The summed E-state index contributed by atoms with van der Waals surface area (Å²) in [7, 11) is 3.03. The molecule has 0 aliphatic rings. The molecule has 0 saturated carbocycles. The van der Waals surface area contributed by atoms with Gasteiger partial charge in [-0.3, -0.25) is 10.2 Å². The van der Waals surface area contributed by atoms with Crippen LogP contribution in [0.4, 0.5) is 0 Å². The van der Waals surface area contributed by atoms with E-state index in [1.807, 2.05) is 0 Å². The van der Waals surface area contributed by atoms with E-state index in [-0.39, 0.29) is 16.1 Å². The van der Waals surface area contributed by atoms with Gasteiger partial charge in [0.25, 0.3) is 0 Å². The lowest BCUT2D eigenvalue weighted by Gasteiger charge is -2.06. The first-order valence-electron chi connectivity index (χ1n) is 2.83. The van der Waals surface area contributed by atoms with Crippen molar-refractivity contribution in [1.29, 1.82) is 5.41 Å². The van der Waals surface area contributed by atoms with Gasteiger partial charge in [0.05, 0.1) is 7.11 Å². The van der Waals surface area contributed by atoms with E-state index in [9.17, 15) is 4.79 Å². The van der Waals surface area contributed by atoms with E-state index < -0.39 is 0 Å². The fraction of sp³-hybridized carbons (Fsp3) is 0.333. The quantitative estimate of drug-likeness (QED) is 0.317. The highest BCUT2D eigenvalue weighted by atomic mass is 79.9. The van der Waals surface area contributed by atoms with Crippen LogP contribution in [0.1, 0.15) is 0 Å². The molecule has 4 nitrogen and oxygen atoms in total. The Hall–Kier alpha value is -0.840. The molecule has 0 aliphatic carbocycles. The number of aldehydes is 1. The van der Waals surface area contributed by atoms with Gasteiger partial charge in [-0.25, -0.2) is 0 Å². The van der Waals surface area contributed by atoms with Crippen LogP contribution in [0.15, 0.2) is 11.5 Å². The van der Waals surface area contributed by atoms with E-state index >= 15 is 0 Å². The summed E-state index contributed by atoms with van der Waals surface area (Å²) in [6.07, 6.45) is 0.548. The van der Waals surface area contributed by atoms with Gasteiger partial charge in [0.2, 0.25) is 0 Å². The molecule has 0 unspecified atom stereocenters. The Bertz CT molecular complexity index is 195. The maximum absolute atomic E-state index is 10.4. The number of allylic oxidation sites excluding steroid dienone is 1. The first-order chi connectivity index (χ1) is 5.17. The second-order valence-corrected chi connectivity index (χ2v) is 2.42. The highest BCUT2D eigenvalue weighted by Gasteiger charge is 2.07. The zero-order valence-corrected chi connectivity index (χ0v) is 7.86. The van der Waals surface area contributed by atoms with Crippen LogP contribution in [0.5, 0.6) is 0 Å². The SMILES string of the molecule is CN/C(OC)=C(/C=O)C(=N)Br. The predicted octanol–water partition coefficient (Wildman–Crippen LogP) is 0.635. The maximum Gasteiger partial charge on any atom is 0.199 e. The molecule has 0 aromatic rings. The monoisotopic (exact) mass is 220 g/mol. The molecule has 0 amide bonds. The zero-order chi connectivity index (χ0) is 8.85. The number of hydrogen-bond acceptors (Lipinski definition) is 4. The lowest BCUT2D eigenvalue weighted by Crippen LogP contribution is -2.14. The summed E-state index contributed by atoms with van der Waals surface area (Å²) in [4.78, 5) is 10.4. The van der Waals surface area contributed by atoms with Gasteiger partial charge < -0.3 is 10.1 Å². The molecule has 0 fully saturated rings. The number of methoxy groups -OCH3 is 1. The van der Waals surface area contributed by atoms with Crippen LogP contribution in [-0.4, -0.2) is 25.1 Å². The minimum Gasteiger partial charge on any atom is -0.482 e. The second-order valence-electron chi connectivity index (χ2n) is 1.63. The Labute approximate surface area is 73.3 Å². The molecule has 0 aromatic carbocycles. The minimum atomic E-state index is -0.00120. The van der Waals surface area contributed by atoms with Crippen LogP contribution in [-0.2, 0) is 9.53 Å². The molecule has 0 saturated heterocycles. The molecule has 0 heterocycles. The molecule has 11 heavy (non-hydrogen) atoms. The van der Waals surface area contributed by atoms with Gasteiger partial charge in [-0.05, 0) is 15.9 Å². The third-order valence-corrected chi connectivity index (χ3v) is 1.46. The fourth-order valence-corrected chi connectivity index (χ4v) is 0.825. The number of hydrogen-bond donors (Lipinski definition) is 2. The normalized spacial score (nSPS) is 11.5. The molecule has 0 rings (SSSR count). The van der Waals surface area contributed by atoms with Crippen LogP contribution in [0.3, 0.4) is 0 Å². The lowest BCUT2D eigenvalue weighted by molar-refractivity contribution is -0.104. The summed E-state index contributed by atoms with van der Waals surface area (Å²) in [6.45, 7) is 0. The topological polar surface area (TPSA) is 62.2 Å². The van der Waals surface area contributed by atoms with Crippen molar-refractivity contribution in [2.24, 2.45) is 0 Å². The summed E-state index contributed by atoms with van der Waals surface area (Å²) in [5, 5.41) is 9.74.